The number of unbranched alkanes of at least 4 members (excludes halogenated alkanes) is 10. The quantitative estimate of drug-likeness (QED) is 0.0686. The van der Waals surface area contributed by atoms with Crippen LogP contribution >= 0.6 is 0 Å². The highest BCUT2D eigenvalue weighted by atomic mass is 16.3. The number of hydrogen-bond donors (Lipinski definition) is 4. The third kappa shape index (κ3) is 23.4. The lowest BCUT2D eigenvalue weighted by Crippen LogP contribution is -2.50. The number of hydrogen-bond acceptors (Lipinski definition) is 4. The molecule has 0 aromatic rings. The monoisotopic (exact) mass is 533 g/mol. The van der Waals surface area contributed by atoms with Crippen molar-refractivity contribution in [3.63, 3.8) is 0 Å². The van der Waals surface area contributed by atoms with Gasteiger partial charge >= 0.3 is 0 Å². The first kappa shape index (κ1) is 36.3. The number of carbonyl (C=O) groups excluding carboxylic acids is 1. The first-order chi connectivity index (χ1) is 18.6. The molecule has 0 aromatic heterocycles. The molecule has 0 aliphatic rings. The molecule has 1 amide bonds. The van der Waals surface area contributed by atoms with E-state index in [4.69, 9.17) is 0 Å². The summed E-state index contributed by atoms with van der Waals surface area (Å²) in [6.07, 6.45) is 33.5. The lowest BCUT2D eigenvalue weighted by atomic mass is 10.0. The molecule has 0 bridgehead atoms. The lowest BCUT2D eigenvalue weighted by Gasteiger charge is -2.26. The first-order valence-corrected chi connectivity index (χ1v) is 15.4. The zero-order valence-corrected chi connectivity index (χ0v) is 24.5. The van der Waals surface area contributed by atoms with Crippen LogP contribution in [0.1, 0.15) is 129 Å². The molecule has 0 fully saturated rings. The normalized spacial score (nSPS) is 14.8. The van der Waals surface area contributed by atoms with Gasteiger partial charge < -0.3 is 20.6 Å². The van der Waals surface area contributed by atoms with Crippen LogP contribution in [0.15, 0.2) is 48.6 Å². The number of rotatable bonds is 26. The van der Waals surface area contributed by atoms with Gasteiger partial charge in [-0.1, -0.05) is 107 Å². The molecule has 5 nitrogen and oxygen atoms in total. The first-order valence-electron chi connectivity index (χ1n) is 15.4. The number of aliphatic hydroxyl groups is 3. The minimum Gasteiger partial charge on any atom is -0.394 e. The van der Waals surface area contributed by atoms with Crippen molar-refractivity contribution in [2.24, 2.45) is 0 Å². The van der Waals surface area contributed by atoms with Crippen molar-refractivity contribution >= 4 is 5.91 Å². The van der Waals surface area contributed by atoms with Crippen LogP contribution in [-0.2, 0) is 4.79 Å². The average Bonchev–Trinajstić information content (AvgIpc) is 2.92. The maximum absolute atomic E-state index is 12.2. The summed E-state index contributed by atoms with van der Waals surface area (Å²) in [7, 11) is 0. The van der Waals surface area contributed by atoms with Crippen LogP contribution in [0.25, 0.3) is 0 Å². The van der Waals surface area contributed by atoms with Gasteiger partial charge in [-0.25, -0.2) is 0 Å². The summed E-state index contributed by atoms with van der Waals surface area (Å²) in [5.41, 5.74) is 0. The molecular formula is C33H59NO4. The zero-order valence-electron chi connectivity index (χ0n) is 24.5. The van der Waals surface area contributed by atoms with E-state index in [1.807, 2.05) is 6.08 Å². The highest BCUT2D eigenvalue weighted by Gasteiger charge is 2.26. The predicted molar refractivity (Wildman–Crippen MR) is 162 cm³/mol. The van der Waals surface area contributed by atoms with Gasteiger partial charge in [-0.15, -0.1) is 0 Å². The minimum absolute atomic E-state index is 0.231. The Morgan fingerprint density at radius 1 is 0.658 bits per heavy atom. The van der Waals surface area contributed by atoms with E-state index in [0.717, 1.165) is 44.9 Å². The van der Waals surface area contributed by atoms with Crippen molar-refractivity contribution in [3.8, 4) is 0 Å². The summed E-state index contributed by atoms with van der Waals surface area (Å²) in [6.45, 7) is 4.03. The highest BCUT2D eigenvalue weighted by Crippen LogP contribution is 2.11. The van der Waals surface area contributed by atoms with E-state index >= 15 is 0 Å². The van der Waals surface area contributed by atoms with Gasteiger partial charge in [0.05, 0.1) is 18.8 Å². The molecule has 0 aromatic carbocycles. The van der Waals surface area contributed by atoms with Gasteiger partial charge in [0.1, 0.15) is 6.10 Å². The standard InChI is InChI=1S/C33H59NO4/c1-3-5-7-9-11-13-15-16-18-20-22-24-26-28-32(37)34-30(29-35)33(38)31(36)27-25-23-21-19-17-14-12-10-8-6-4-2/h10,12,16,18-19,21-22,24,30-31,33,35-36,38H,3-9,11,13-15,17,20,23,25-29H2,1-2H3,(H,34,37)/b12-10+,18-16-,21-19+,24-22-. The molecule has 38 heavy (non-hydrogen) atoms. The highest BCUT2D eigenvalue weighted by molar-refractivity contribution is 5.76. The fourth-order valence-electron chi connectivity index (χ4n) is 4.15. The predicted octanol–water partition coefficient (Wildman–Crippen LogP) is 7.47. The number of carbonyl (C=O) groups is 1. The van der Waals surface area contributed by atoms with E-state index in [-0.39, 0.29) is 12.3 Å². The van der Waals surface area contributed by atoms with Crippen LogP contribution in [0.5, 0.6) is 0 Å². The van der Waals surface area contributed by atoms with Crippen molar-refractivity contribution in [2.75, 3.05) is 6.61 Å². The van der Waals surface area contributed by atoms with Crippen LogP contribution in [0.4, 0.5) is 0 Å². The Morgan fingerprint density at radius 2 is 1.18 bits per heavy atom. The van der Waals surface area contributed by atoms with Crippen LogP contribution in [0.2, 0.25) is 0 Å². The number of aliphatic hydroxyl groups excluding tert-OH is 3. The van der Waals surface area contributed by atoms with Gasteiger partial charge in [0.2, 0.25) is 5.91 Å². The molecule has 0 rings (SSSR count). The molecule has 3 unspecified atom stereocenters. The van der Waals surface area contributed by atoms with Crippen LogP contribution in [0, 0.1) is 0 Å². The second-order valence-corrected chi connectivity index (χ2v) is 10.3. The topological polar surface area (TPSA) is 89.8 Å². The molecule has 0 spiro atoms. The summed E-state index contributed by atoms with van der Waals surface area (Å²) in [5.74, 6) is -0.231. The summed E-state index contributed by atoms with van der Waals surface area (Å²) in [6, 6.07) is -0.860. The van der Waals surface area contributed by atoms with Gasteiger partial charge in [-0.3, -0.25) is 4.79 Å². The van der Waals surface area contributed by atoms with E-state index in [1.54, 1.807) is 0 Å². The van der Waals surface area contributed by atoms with Crippen molar-refractivity contribution in [1.29, 1.82) is 0 Å². The van der Waals surface area contributed by atoms with Crippen molar-refractivity contribution < 1.29 is 20.1 Å². The lowest BCUT2D eigenvalue weighted by molar-refractivity contribution is -0.124. The largest absolute Gasteiger partial charge is 0.394 e. The number of allylic oxidation sites excluding steroid dienone is 8. The molecule has 0 aliphatic carbocycles. The summed E-state index contributed by atoms with van der Waals surface area (Å²) < 4.78 is 0. The molecule has 4 N–H and O–H groups in total. The second-order valence-electron chi connectivity index (χ2n) is 10.3. The third-order valence-electron chi connectivity index (χ3n) is 6.65. The van der Waals surface area contributed by atoms with Crippen molar-refractivity contribution in [3.05, 3.63) is 48.6 Å². The molecule has 5 heteroatoms. The fraction of sp³-hybridized carbons (Fsp3) is 0.727. The van der Waals surface area contributed by atoms with Gasteiger partial charge in [-0.05, 0) is 64.2 Å². The Balaban J connectivity index is 3.96. The van der Waals surface area contributed by atoms with Gasteiger partial charge in [0.15, 0.2) is 0 Å². The zero-order chi connectivity index (χ0) is 28.1. The Morgan fingerprint density at radius 3 is 1.84 bits per heavy atom. The van der Waals surface area contributed by atoms with Gasteiger partial charge in [0, 0.05) is 6.42 Å². The fourth-order valence-corrected chi connectivity index (χ4v) is 4.15. The maximum atomic E-state index is 12.2. The molecule has 0 heterocycles. The molecule has 0 radical (unpaired) electrons. The van der Waals surface area contributed by atoms with Crippen LogP contribution < -0.4 is 5.32 Å². The average molecular weight is 534 g/mol. The third-order valence-corrected chi connectivity index (χ3v) is 6.65. The minimum atomic E-state index is -1.19. The van der Waals surface area contributed by atoms with E-state index < -0.39 is 24.9 Å². The van der Waals surface area contributed by atoms with Gasteiger partial charge in [-0.2, -0.15) is 0 Å². The SMILES string of the molecule is CCCC/C=C/CC/C=C/CCCC(O)C(O)C(CO)NC(=O)CC/C=C\C/C=C\CCCCCCCC. The van der Waals surface area contributed by atoms with E-state index in [2.05, 4.69) is 61.7 Å². The Hall–Kier alpha value is -1.69. The molecule has 220 valence electrons. The molecule has 0 saturated carbocycles. The number of nitrogens with one attached hydrogen (secondary N) is 1. The maximum Gasteiger partial charge on any atom is 0.220 e. The van der Waals surface area contributed by atoms with Crippen molar-refractivity contribution in [2.45, 2.75) is 148 Å². The molecule has 0 aliphatic heterocycles. The summed E-state index contributed by atoms with van der Waals surface area (Å²) in [4.78, 5) is 12.2. The van der Waals surface area contributed by atoms with Crippen molar-refractivity contribution in [1.82, 2.24) is 5.32 Å². The Bertz CT molecular complexity index is 641. The molecule has 0 saturated heterocycles. The van der Waals surface area contributed by atoms with Crippen LogP contribution in [0.3, 0.4) is 0 Å². The Labute approximate surface area is 234 Å². The molecule has 3 atom stereocenters. The van der Waals surface area contributed by atoms with E-state index in [9.17, 15) is 20.1 Å². The van der Waals surface area contributed by atoms with Crippen LogP contribution in [-0.4, -0.2) is 46.1 Å². The van der Waals surface area contributed by atoms with Gasteiger partial charge in [0.25, 0.3) is 0 Å². The summed E-state index contributed by atoms with van der Waals surface area (Å²) >= 11 is 0. The molecular weight excluding hydrogens is 474 g/mol. The van der Waals surface area contributed by atoms with E-state index in [0.29, 0.717) is 12.8 Å². The Kier molecular flexibility index (Phi) is 27.1. The summed E-state index contributed by atoms with van der Waals surface area (Å²) in [5, 5.41) is 33.0. The number of amides is 1. The smallest absolute Gasteiger partial charge is 0.220 e. The van der Waals surface area contributed by atoms with E-state index in [1.165, 1.54) is 51.4 Å². The second kappa shape index (κ2) is 28.3.